The lowest BCUT2D eigenvalue weighted by Crippen LogP contribution is -2.45. The number of piperidine rings is 1. The summed E-state index contributed by atoms with van der Waals surface area (Å²) in [4.78, 5) is 5.41. The van der Waals surface area contributed by atoms with Gasteiger partial charge in [-0.1, -0.05) is 13.8 Å². The van der Waals surface area contributed by atoms with E-state index < -0.39 is 0 Å². The molecule has 0 radical (unpaired) electrons. The van der Waals surface area contributed by atoms with Gasteiger partial charge in [0.2, 0.25) is 0 Å². The van der Waals surface area contributed by atoms with Gasteiger partial charge in [0.25, 0.3) is 0 Å². The van der Waals surface area contributed by atoms with Crippen LogP contribution in [0.15, 0.2) is 16.8 Å². The van der Waals surface area contributed by atoms with Crippen LogP contribution in [0.25, 0.3) is 0 Å². The van der Waals surface area contributed by atoms with Crippen molar-refractivity contribution in [2.75, 3.05) is 32.7 Å². The van der Waals surface area contributed by atoms with Gasteiger partial charge in [-0.2, -0.15) is 11.3 Å². The second-order valence-corrected chi connectivity index (χ2v) is 8.10. The molecule has 20 heavy (non-hydrogen) atoms. The van der Waals surface area contributed by atoms with Crippen LogP contribution >= 0.6 is 11.3 Å². The summed E-state index contributed by atoms with van der Waals surface area (Å²) in [6, 6.07) is 2.28. The Bertz CT molecular complexity index is 415. The van der Waals surface area contributed by atoms with Crippen LogP contribution < -0.4 is 0 Å². The van der Waals surface area contributed by atoms with Gasteiger partial charge in [-0.3, -0.25) is 4.90 Å². The highest BCUT2D eigenvalue weighted by Crippen LogP contribution is 2.39. The van der Waals surface area contributed by atoms with Crippen molar-refractivity contribution in [1.82, 2.24) is 9.80 Å². The van der Waals surface area contributed by atoms with E-state index in [0.29, 0.717) is 5.41 Å². The molecule has 0 N–H and O–H groups in total. The summed E-state index contributed by atoms with van der Waals surface area (Å²) in [5, 5.41) is 4.50. The van der Waals surface area contributed by atoms with Crippen molar-refractivity contribution in [2.24, 2.45) is 11.3 Å². The molecule has 3 heterocycles. The Morgan fingerprint density at radius 1 is 1.20 bits per heavy atom. The third-order valence-electron chi connectivity index (χ3n) is 4.87. The van der Waals surface area contributed by atoms with Crippen LogP contribution in [-0.2, 0) is 6.54 Å². The van der Waals surface area contributed by atoms with E-state index in [9.17, 15) is 0 Å². The van der Waals surface area contributed by atoms with Crippen LogP contribution in [0.2, 0.25) is 0 Å². The maximum atomic E-state index is 2.72. The molecule has 0 unspecified atom stereocenters. The van der Waals surface area contributed by atoms with Crippen LogP contribution in [-0.4, -0.2) is 42.5 Å². The lowest BCUT2D eigenvalue weighted by Gasteiger charge is -2.41. The molecular weight excluding hydrogens is 264 g/mol. The Hall–Kier alpha value is -0.380. The molecule has 2 aliphatic rings. The predicted molar refractivity (Wildman–Crippen MR) is 87.2 cm³/mol. The molecule has 2 nitrogen and oxygen atoms in total. The third kappa shape index (κ3) is 3.44. The molecule has 0 aliphatic carbocycles. The predicted octanol–water partition coefficient (Wildman–Crippen LogP) is 3.69. The smallest absolute Gasteiger partial charge is 0.0242 e. The zero-order valence-corrected chi connectivity index (χ0v) is 13.8. The first kappa shape index (κ1) is 14.6. The SMILES string of the molecule is CC(C)CN1CCC[C@]2(CCN(Cc3ccsc3)C2)C1. The lowest BCUT2D eigenvalue weighted by molar-refractivity contribution is 0.0833. The van der Waals surface area contributed by atoms with Gasteiger partial charge in [0, 0.05) is 26.2 Å². The normalized spacial score (nSPS) is 28.8. The fourth-order valence-corrected chi connectivity index (χ4v) is 4.78. The van der Waals surface area contributed by atoms with Crippen LogP contribution in [0.4, 0.5) is 0 Å². The van der Waals surface area contributed by atoms with E-state index in [-0.39, 0.29) is 0 Å². The van der Waals surface area contributed by atoms with E-state index in [2.05, 4.69) is 40.5 Å². The maximum Gasteiger partial charge on any atom is 0.0242 e. The number of likely N-dealkylation sites (tertiary alicyclic amines) is 2. The van der Waals surface area contributed by atoms with Crippen molar-refractivity contribution in [3.05, 3.63) is 22.4 Å². The molecule has 0 saturated carbocycles. The van der Waals surface area contributed by atoms with E-state index in [1.54, 1.807) is 0 Å². The summed E-state index contributed by atoms with van der Waals surface area (Å²) in [5.74, 6) is 0.800. The van der Waals surface area contributed by atoms with Crippen molar-refractivity contribution in [2.45, 2.75) is 39.7 Å². The van der Waals surface area contributed by atoms with Crippen molar-refractivity contribution in [3.8, 4) is 0 Å². The first-order valence-corrected chi connectivity index (χ1v) is 9.05. The summed E-state index contributed by atoms with van der Waals surface area (Å²) in [5.41, 5.74) is 2.10. The van der Waals surface area contributed by atoms with Gasteiger partial charge in [0.05, 0.1) is 0 Å². The van der Waals surface area contributed by atoms with Gasteiger partial charge >= 0.3 is 0 Å². The van der Waals surface area contributed by atoms with E-state index >= 15 is 0 Å². The molecule has 112 valence electrons. The number of hydrogen-bond donors (Lipinski definition) is 0. The Morgan fingerprint density at radius 2 is 2.05 bits per heavy atom. The minimum Gasteiger partial charge on any atom is -0.302 e. The molecule has 1 aromatic rings. The van der Waals surface area contributed by atoms with Gasteiger partial charge in [-0.05, 0) is 66.1 Å². The van der Waals surface area contributed by atoms with Crippen LogP contribution in [0.3, 0.4) is 0 Å². The quantitative estimate of drug-likeness (QED) is 0.835. The van der Waals surface area contributed by atoms with Crippen LogP contribution in [0, 0.1) is 11.3 Å². The number of rotatable bonds is 4. The molecular formula is C17H28N2S. The van der Waals surface area contributed by atoms with E-state index in [4.69, 9.17) is 0 Å². The summed E-state index contributed by atoms with van der Waals surface area (Å²) in [7, 11) is 0. The molecule has 0 bridgehead atoms. The zero-order valence-electron chi connectivity index (χ0n) is 13.0. The summed E-state index contributed by atoms with van der Waals surface area (Å²) >= 11 is 1.82. The maximum absolute atomic E-state index is 2.72. The first-order chi connectivity index (χ1) is 9.65. The Kier molecular flexibility index (Phi) is 4.49. The average molecular weight is 292 g/mol. The molecule has 1 atom stereocenters. The van der Waals surface area contributed by atoms with E-state index in [1.807, 2.05) is 11.3 Å². The van der Waals surface area contributed by atoms with Crippen molar-refractivity contribution < 1.29 is 0 Å². The molecule has 1 spiro atoms. The minimum atomic E-state index is 0.600. The largest absolute Gasteiger partial charge is 0.302 e. The van der Waals surface area contributed by atoms with E-state index in [0.717, 1.165) is 12.5 Å². The highest BCUT2D eigenvalue weighted by atomic mass is 32.1. The Labute approximate surface area is 127 Å². The summed E-state index contributed by atoms with van der Waals surface area (Å²) in [6.45, 7) is 12.4. The van der Waals surface area contributed by atoms with Gasteiger partial charge in [-0.25, -0.2) is 0 Å². The van der Waals surface area contributed by atoms with Crippen molar-refractivity contribution in [3.63, 3.8) is 0 Å². The van der Waals surface area contributed by atoms with Gasteiger partial charge in [0.1, 0.15) is 0 Å². The standard InChI is InChI=1S/C17H28N2S/c1-15(2)10-18-7-3-5-17(13-18)6-8-19(14-17)11-16-4-9-20-12-16/h4,9,12,15H,3,5-8,10-11,13-14H2,1-2H3/t17-/m0/s1. The van der Waals surface area contributed by atoms with Gasteiger partial charge < -0.3 is 4.90 Å². The van der Waals surface area contributed by atoms with Crippen LogP contribution in [0.1, 0.15) is 38.7 Å². The molecule has 3 rings (SSSR count). The average Bonchev–Trinajstić information content (AvgIpc) is 3.00. The molecule has 2 aliphatic heterocycles. The van der Waals surface area contributed by atoms with Crippen molar-refractivity contribution in [1.29, 1.82) is 0 Å². The lowest BCUT2D eigenvalue weighted by atomic mass is 9.79. The highest BCUT2D eigenvalue weighted by Gasteiger charge is 2.41. The van der Waals surface area contributed by atoms with E-state index in [1.165, 1.54) is 57.5 Å². The molecule has 3 heteroatoms. The highest BCUT2D eigenvalue weighted by molar-refractivity contribution is 7.07. The third-order valence-corrected chi connectivity index (χ3v) is 5.60. The number of hydrogen-bond acceptors (Lipinski definition) is 3. The minimum absolute atomic E-state index is 0.600. The molecule has 0 aromatic carbocycles. The molecule has 2 saturated heterocycles. The first-order valence-electron chi connectivity index (χ1n) is 8.11. The van der Waals surface area contributed by atoms with Crippen molar-refractivity contribution >= 4 is 11.3 Å². The summed E-state index contributed by atoms with van der Waals surface area (Å²) < 4.78 is 0. The monoisotopic (exact) mass is 292 g/mol. The fraction of sp³-hybridized carbons (Fsp3) is 0.765. The molecule has 1 aromatic heterocycles. The fourth-order valence-electron chi connectivity index (χ4n) is 4.12. The second kappa shape index (κ2) is 6.17. The number of nitrogens with zero attached hydrogens (tertiary/aromatic N) is 2. The van der Waals surface area contributed by atoms with Gasteiger partial charge in [-0.15, -0.1) is 0 Å². The van der Waals surface area contributed by atoms with Crippen LogP contribution in [0.5, 0.6) is 0 Å². The Balaban J connectivity index is 1.57. The number of thiophene rings is 1. The zero-order chi connectivity index (χ0) is 14.0. The van der Waals surface area contributed by atoms with Gasteiger partial charge in [0.15, 0.2) is 0 Å². The molecule has 0 amide bonds. The summed E-state index contributed by atoms with van der Waals surface area (Å²) in [6.07, 6.45) is 4.26. The molecule has 2 fully saturated rings. The topological polar surface area (TPSA) is 6.48 Å². The second-order valence-electron chi connectivity index (χ2n) is 7.32. The Morgan fingerprint density at radius 3 is 2.80 bits per heavy atom.